The van der Waals surface area contributed by atoms with Crippen LogP contribution in [0.25, 0.3) is 0 Å². The Kier molecular flexibility index (Phi) is 6.12. The Labute approximate surface area is 155 Å². The summed E-state index contributed by atoms with van der Waals surface area (Å²) in [4.78, 5) is 17.1. The number of anilines is 1. The number of para-hydroxylation sites is 1. The van der Waals surface area contributed by atoms with Gasteiger partial charge in [0.25, 0.3) is 0 Å². The maximum Gasteiger partial charge on any atom is 0.237 e. The molecular formula is C21H27N3O2. The molecular weight excluding hydrogens is 326 g/mol. The van der Waals surface area contributed by atoms with Crippen LogP contribution >= 0.6 is 0 Å². The van der Waals surface area contributed by atoms with Gasteiger partial charge in [-0.1, -0.05) is 30.3 Å². The zero-order valence-electron chi connectivity index (χ0n) is 15.5. The molecule has 0 unspecified atom stereocenters. The highest BCUT2D eigenvalue weighted by Crippen LogP contribution is 2.17. The molecule has 3 rings (SSSR count). The van der Waals surface area contributed by atoms with Gasteiger partial charge in [0.2, 0.25) is 5.91 Å². The first-order valence-corrected chi connectivity index (χ1v) is 9.12. The van der Waals surface area contributed by atoms with E-state index >= 15 is 0 Å². The number of amides is 1. The SMILES string of the molecule is COc1ccc(CNC(=O)[C@@H](C)N2CCN(c3ccccc3)CC2)cc1. The first kappa shape index (κ1) is 18.3. The lowest BCUT2D eigenvalue weighted by atomic mass is 10.1. The van der Waals surface area contributed by atoms with Crippen molar-refractivity contribution in [3.63, 3.8) is 0 Å². The van der Waals surface area contributed by atoms with Crippen LogP contribution in [0.5, 0.6) is 5.75 Å². The second-order valence-corrected chi connectivity index (χ2v) is 6.60. The summed E-state index contributed by atoms with van der Waals surface area (Å²) >= 11 is 0. The highest BCUT2D eigenvalue weighted by Gasteiger charge is 2.25. The van der Waals surface area contributed by atoms with Crippen molar-refractivity contribution in [2.45, 2.75) is 19.5 Å². The summed E-state index contributed by atoms with van der Waals surface area (Å²) in [5.74, 6) is 0.902. The fourth-order valence-electron chi connectivity index (χ4n) is 3.25. The molecule has 1 heterocycles. The highest BCUT2D eigenvalue weighted by atomic mass is 16.5. The summed E-state index contributed by atoms with van der Waals surface area (Å²) in [5, 5.41) is 3.04. The van der Waals surface area contributed by atoms with Gasteiger partial charge in [-0.15, -0.1) is 0 Å². The van der Waals surface area contributed by atoms with E-state index < -0.39 is 0 Å². The Bertz CT molecular complexity index is 695. The van der Waals surface area contributed by atoms with Crippen LogP contribution in [-0.4, -0.2) is 50.1 Å². The molecule has 1 atom stereocenters. The normalized spacial score (nSPS) is 16.2. The third-order valence-electron chi connectivity index (χ3n) is 4.99. The topological polar surface area (TPSA) is 44.8 Å². The van der Waals surface area contributed by atoms with Crippen molar-refractivity contribution in [1.29, 1.82) is 0 Å². The molecule has 0 aliphatic carbocycles. The minimum atomic E-state index is -0.119. The largest absolute Gasteiger partial charge is 0.497 e. The average Bonchev–Trinajstić information content (AvgIpc) is 2.72. The van der Waals surface area contributed by atoms with E-state index in [1.807, 2.05) is 37.3 Å². The van der Waals surface area contributed by atoms with Crippen molar-refractivity contribution in [3.05, 3.63) is 60.2 Å². The molecule has 0 aromatic heterocycles. The second-order valence-electron chi connectivity index (χ2n) is 6.60. The Balaban J connectivity index is 1.46. The molecule has 2 aromatic carbocycles. The summed E-state index contributed by atoms with van der Waals surface area (Å²) in [6, 6.07) is 18.1. The van der Waals surface area contributed by atoms with E-state index in [-0.39, 0.29) is 11.9 Å². The summed E-state index contributed by atoms with van der Waals surface area (Å²) in [6.07, 6.45) is 0. The van der Waals surface area contributed by atoms with Gasteiger partial charge in [0.15, 0.2) is 0 Å². The molecule has 0 radical (unpaired) electrons. The van der Waals surface area contributed by atoms with Gasteiger partial charge in [-0.05, 0) is 36.8 Å². The molecule has 138 valence electrons. The molecule has 0 saturated carbocycles. The molecule has 5 heteroatoms. The van der Waals surface area contributed by atoms with Crippen LogP contribution in [0.15, 0.2) is 54.6 Å². The summed E-state index contributed by atoms with van der Waals surface area (Å²) < 4.78 is 5.15. The molecule has 1 amide bonds. The quantitative estimate of drug-likeness (QED) is 0.867. The fraction of sp³-hybridized carbons (Fsp3) is 0.381. The van der Waals surface area contributed by atoms with Crippen LogP contribution in [0.2, 0.25) is 0 Å². The molecule has 1 N–H and O–H groups in total. The maximum atomic E-state index is 12.5. The first-order chi connectivity index (χ1) is 12.7. The van der Waals surface area contributed by atoms with Crippen LogP contribution in [0.1, 0.15) is 12.5 Å². The van der Waals surface area contributed by atoms with Crippen molar-refractivity contribution in [2.24, 2.45) is 0 Å². The number of piperazine rings is 1. The number of ether oxygens (including phenoxy) is 1. The van der Waals surface area contributed by atoms with E-state index in [0.717, 1.165) is 37.5 Å². The minimum absolute atomic E-state index is 0.0778. The third-order valence-corrected chi connectivity index (χ3v) is 4.99. The molecule has 1 fully saturated rings. The van der Waals surface area contributed by atoms with E-state index in [2.05, 4.69) is 39.4 Å². The van der Waals surface area contributed by atoms with Gasteiger partial charge in [-0.3, -0.25) is 9.69 Å². The van der Waals surface area contributed by atoms with Crippen molar-refractivity contribution < 1.29 is 9.53 Å². The maximum absolute atomic E-state index is 12.5. The van der Waals surface area contributed by atoms with Gasteiger partial charge in [0.1, 0.15) is 5.75 Å². The number of nitrogens with one attached hydrogen (secondary N) is 1. The van der Waals surface area contributed by atoms with Crippen molar-refractivity contribution >= 4 is 11.6 Å². The Morgan fingerprint density at radius 2 is 1.69 bits per heavy atom. The lowest BCUT2D eigenvalue weighted by Crippen LogP contribution is -2.53. The molecule has 1 aliphatic rings. The number of nitrogens with zero attached hydrogens (tertiary/aromatic N) is 2. The zero-order chi connectivity index (χ0) is 18.4. The van der Waals surface area contributed by atoms with E-state index in [1.165, 1.54) is 5.69 Å². The predicted molar refractivity (Wildman–Crippen MR) is 105 cm³/mol. The average molecular weight is 353 g/mol. The number of hydrogen-bond donors (Lipinski definition) is 1. The number of methoxy groups -OCH3 is 1. The van der Waals surface area contributed by atoms with E-state index in [9.17, 15) is 4.79 Å². The Morgan fingerprint density at radius 3 is 2.31 bits per heavy atom. The molecule has 0 bridgehead atoms. The lowest BCUT2D eigenvalue weighted by molar-refractivity contribution is -0.126. The Morgan fingerprint density at radius 1 is 1.04 bits per heavy atom. The van der Waals surface area contributed by atoms with Crippen LogP contribution in [-0.2, 0) is 11.3 Å². The van der Waals surface area contributed by atoms with Gasteiger partial charge in [-0.2, -0.15) is 0 Å². The molecule has 1 aliphatic heterocycles. The minimum Gasteiger partial charge on any atom is -0.497 e. The number of rotatable bonds is 6. The Hall–Kier alpha value is -2.53. The number of carbonyl (C=O) groups excluding carboxylic acids is 1. The smallest absolute Gasteiger partial charge is 0.237 e. The lowest BCUT2D eigenvalue weighted by Gasteiger charge is -2.38. The monoisotopic (exact) mass is 353 g/mol. The second kappa shape index (κ2) is 8.72. The molecule has 1 saturated heterocycles. The third kappa shape index (κ3) is 4.55. The highest BCUT2D eigenvalue weighted by molar-refractivity contribution is 5.81. The van der Waals surface area contributed by atoms with Gasteiger partial charge in [0.05, 0.1) is 13.2 Å². The summed E-state index contributed by atoms with van der Waals surface area (Å²) in [7, 11) is 1.65. The standard InChI is InChI=1S/C21H27N3O2/c1-17(21(25)22-16-18-8-10-20(26-2)11-9-18)23-12-14-24(15-13-23)19-6-4-3-5-7-19/h3-11,17H,12-16H2,1-2H3,(H,22,25)/t17-/m1/s1. The first-order valence-electron chi connectivity index (χ1n) is 9.12. The van der Waals surface area contributed by atoms with Crippen molar-refractivity contribution in [2.75, 3.05) is 38.2 Å². The van der Waals surface area contributed by atoms with Gasteiger partial charge in [0, 0.05) is 38.4 Å². The molecule has 26 heavy (non-hydrogen) atoms. The number of hydrogen-bond acceptors (Lipinski definition) is 4. The number of benzene rings is 2. The van der Waals surface area contributed by atoms with E-state index in [4.69, 9.17) is 4.74 Å². The molecule has 2 aromatic rings. The van der Waals surface area contributed by atoms with Crippen LogP contribution < -0.4 is 15.0 Å². The number of carbonyl (C=O) groups is 1. The van der Waals surface area contributed by atoms with Crippen molar-refractivity contribution in [1.82, 2.24) is 10.2 Å². The van der Waals surface area contributed by atoms with Gasteiger partial charge >= 0.3 is 0 Å². The summed E-state index contributed by atoms with van der Waals surface area (Å²) in [5.41, 5.74) is 2.32. The van der Waals surface area contributed by atoms with Crippen molar-refractivity contribution in [3.8, 4) is 5.75 Å². The predicted octanol–water partition coefficient (Wildman–Crippen LogP) is 2.52. The fourth-order valence-corrected chi connectivity index (χ4v) is 3.25. The van der Waals surface area contributed by atoms with E-state index in [0.29, 0.717) is 6.54 Å². The van der Waals surface area contributed by atoms with Crippen LogP contribution in [0.4, 0.5) is 5.69 Å². The zero-order valence-corrected chi connectivity index (χ0v) is 15.5. The molecule has 5 nitrogen and oxygen atoms in total. The van der Waals surface area contributed by atoms with Gasteiger partial charge in [-0.25, -0.2) is 0 Å². The van der Waals surface area contributed by atoms with Gasteiger partial charge < -0.3 is 15.0 Å². The summed E-state index contributed by atoms with van der Waals surface area (Å²) in [6.45, 7) is 6.21. The molecule has 0 spiro atoms. The van der Waals surface area contributed by atoms with Crippen LogP contribution in [0.3, 0.4) is 0 Å². The van der Waals surface area contributed by atoms with Crippen LogP contribution in [0, 0.1) is 0 Å². The van der Waals surface area contributed by atoms with E-state index in [1.54, 1.807) is 7.11 Å².